The lowest BCUT2D eigenvalue weighted by Gasteiger charge is -2.39. The summed E-state index contributed by atoms with van der Waals surface area (Å²) < 4.78 is 24.1. The van der Waals surface area contributed by atoms with Gasteiger partial charge < -0.3 is 10.2 Å². The SMILES string of the molecule is CC(C)(C)c1nccc(N2CC(C(=O)NCC(F)F)C2)n1. The van der Waals surface area contributed by atoms with Crippen molar-refractivity contribution in [2.75, 3.05) is 24.5 Å². The molecular weight excluding hydrogens is 278 g/mol. The van der Waals surface area contributed by atoms with E-state index in [-0.39, 0.29) is 17.2 Å². The molecule has 1 saturated heterocycles. The monoisotopic (exact) mass is 298 g/mol. The molecular formula is C14H20F2N4O. The molecule has 2 rings (SSSR count). The first-order chi connectivity index (χ1) is 9.77. The molecule has 1 fully saturated rings. The summed E-state index contributed by atoms with van der Waals surface area (Å²) in [5, 5.41) is 2.24. The van der Waals surface area contributed by atoms with Crippen LogP contribution in [0.3, 0.4) is 0 Å². The topological polar surface area (TPSA) is 58.1 Å². The molecule has 0 aliphatic carbocycles. The second kappa shape index (κ2) is 5.91. The number of nitrogens with one attached hydrogen (secondary N) is 1. The lowest BCUT2D eigenvalue weighted by atomic mass is 9.95. The Morgan fingerprint density at radius 2 is 2.14 bits per heavy atom. The minimum Gasteiger partial charge on any atom is -0.355 e. The first-order valence-corrected chi connectivity index (χ1v) is 6.91. The van der Waals surface area contributed by atoms with Crippen LogP contribution in [0.25, 0.3) is 0 Å². The predicted molar refractivity (Wildman–Crippen MR) is 75.4 cm³/mol. The fraction of sp³-hybridized carbons (Fsp3) is 0.643. The molecule has 1 N–H and O–H groups in total. The molecule has 0 unspecified atom stereocenters. The van der Waals surface area contributed by atoms with E-state index in [1.54, 1.807) is 12.3 Å². The minimum atomic E-state index is -2.51. The first-order valence-electron chi connectivity index (χ1n) is 6.91. The largest absolute Gasteiger partial charge is 0.355 e. The maximum Gasteiger partial charge on any atom is 0.255 e. The van der Waals surface area contributed by atoms with Gasteiger partial charge in [-0.1, -0.05) is 20.8 Å². The summed E-state index contributed by atoms with van der Waals surface area (Å²) in [4.78, 5) is 22.3. The number of hydrogen-bond donors (Lipinski definition) is 1. The second-order valence-corrected chi connectivity index (χ2v) is 6.23. The molecule has 0 aromatic carbocycles. The van der Waals surface area contributed by atoms with Crippen LogP contribution >= 0.6 is 0 Å². The van der Waals surface area contributed by atoms with Crippen molar-refractivity contribution in [3.05, 3.63) is 18.1 Å². The zero-order chi connectivity index (χ0) is 15.6. The van der Waals surface area contributed by atoms with Gasteiger partial charge in [-0.25, -0.2) is 18.7 Å². The van der Waals surface area contributed by atoms with Crippen molar-refractivity contribution in [3.63, 3.8) is 0 Å². The summed E-state index contributed by atoms with van der Waals surface area (Å²) in [5.74, 6) is 0.937. The molecule has 0 spiro atoms. The van der Waals surface area contributed by atoms with E-state index in [0.29, 0.717) is 13.1 Å². The zero-order valence-electron chi connectivity index (χ0n) is 12.4. The molecule has 116 valence electrons. The molecule has 7 heteroatoms. The van der Waals surface area contributed by atoms with Crippen molar-refractivity contribution in [2.45, 2.75) is 32.6 Å². The Hall–Kier alpha value is -1.79. The summed E-state index contributed by atoms with van der Waals surface area (Å²) in [7, 11) is 0. The van der Waals surface area contributed by atoms with Crippen molar-refractivity contribution >= 4 is 11.7 Å². The third-order valence-electron chi connectivity index (χ3n) is 3.32. The smallest absolute Gasteiger partial charge is 0.255 e. The number of hydrogen-bond acceptors (Lipinski definition) is 4. The van der Waals surface area contributed by atoms with Crippen molar-refractivity contribution < 1.29 is 13.6 Å². The summed E-state index contributed by atoms with van der Waals surface area (Å²) >= 11 is 0. The van der Waals surface area contributed by atoms with E-state index in [1.807, 2.05) is 25.7 Å². The highest BCUT2D eigenvalue weighted by atomic mass is 19.3. The van der Waals surface area contributed by atoms with Crippen LogP contribution in [0.1, 0.15) is 26.6 Å². The van der Waals surface area contributed by atoms with Crippen molar-refractivity contribution in [1.82, 2.24) is 15.3 Å². The molecule has 0 saturated carbocycles. The Bertz CT molecular complexity index is 510. The molecule has 21 heavy (non-hydrogen) atoms. The summed E-state index contributed by atoms with van der Waals surface area (Å²) in [5.41, 5.74) is -0.144. The molecule has 0 atom stereocenters. The van der Waals surface area contributed by atoms with Gasteiger partial charge in [0.2, 0.25) is 5.91 Å². The number of rotatable bonds is 4. The van der Waals surface area contributed by atoms with Crippen LogP contribution in [0.2, 0.25) is 0 Å². The normalized spacial score (nSPS) is 16.0. The van der Waals surface area contributed by atoms with Crippen LogP contribution in [0.15, 0.2) is 12.3 Å². The lowest BCUT2D eigenvalue weighted by molar-refractivity contribution is -0.126. The average molecular weight is 298 g/mol. The van der Waals surface area contributed by atoms with E-state index < -0.39 is 13.0 Å². The summed E-state index contributed by atoms with van der Waals surface area (Å²) in [6.45, 7) is 6.50. The van der Waals surface area contributed by atoms with Crippen LogP contribution < -0.4 is 10.2 Å². The number of amides is 1. The Balaban J connectivity index is 1.91. The molecule has 1 aliphatic rings. The summed E-state index contributed by atoms with van der Waals surface area (Å²) in [6, 6.07) is 1.79. The quantitative estimate of drug-likeness (QED) is 0.917. The molecule has 1 amide bonds. The van der Waals surface area contributed by atoms with Gasteiger partial charge in [-0.2, -0.15) is 0 Å². The number of anilines is 1. The van der Waals surface area contributed by atoms with Gasteiger partial charge >= 0.3 is 0 Å². The van der Waals surface area contributed by atoms with Crippen LogP contribution in [0.4, 0.5) is 14.6 Å². The van der Waals surface area contributed by atoms with Gasteiger partial charge in [0.1, 0.15) is 11.6 Å². The Kier molecular flexibility index (Phi) is 4.39. The fourth-order valence-electron chi connectivity index (χ4n) is 2.04. The highest BCUT2D eigenvalue weighted by Gasteiger charge is 2.34. The van der Waals surface area contributed by atoms with Gasteiger partial charge in [0.15, 0.2) is 0 Å². The molecule has 1 aromatic heterocycles. The van der Waals surface area contributed by atoms with E-state index in [0.717, 1.165) is 11.6 Å². The molecule has 0 radical (unpaired) electrons. The van der Waals surface area contributed by atoms with Crippen LogP contribution in [0, 0.1) is 5.92 Å². The zero-order valence-corrected chi connectivity index (χ0v) is 12.4. The van der Waals surface area contributed by atoms with E-state index in [4.69, 9.17) is 0 Å². The van der Waals surface area contributed by atoms with Crippen LogP contribution in [0.5, 0.6) is 0 Å². The summed E-state index contributed by atoms with van der Waals surface area (Å²) in [6.07, 6.45) is -0.811. The maximum atomic E-state index is 12.0. The number of carbonyl (C=O) groups excluding carboxylic acids is 1. The fourth-order valence-corrected chi connectivity index (χ4v) is 2.04. The number of alkyl halides is 2. The minimum absolute atomic E-state index is 0.144. The number of aromatic nitrogens is 2. The van der Waals surface area contributed by atoms with Gasteiger partial charge in [0, 0.05) is 24.7 Å². The van der Waals surface area contributed by atoms with E-state index in [1.165, 1.54) is 0 Å². The molecule has 1 aromatic rings. The second-order valence-electron chi connectivity index (χ2n) is 6.23. The Morgan fingerprint density at radius 1 is 1.48 bits per heavy atom. The van der Waals surface area contributed by atoms with E-state index in [9.17, 15) is 13.6 Å². The highest BCUT2D eigenvalue weighted by Crippen LogP contribution is 2.25. The Morgan fingerprint density at radius 3 is 2.71 bits per heavy atom. The van der Waals surface area contributed by atoms with Crippen molar-refractivity contribution in [2.24, 2.45) is 5.92 Å². The van der Waals surface area contributed by atoms with Crippen LogP contribution in [-0.4, -0.2) is 41.9 Å². The van der Waals surface area contributed by atoms with E-state index >= 15 is 0 Å². The number of carbonyl (C=O) groups is 1. The third-order valence-corrected chi connectivity index (χ3v) is 3.32. The maximum absolute atomic E-state index is 12.0. The number of nitrogens with zero attached hydrogens (tertiary/aromatic N) is 3. The molecule has 0 bridgehead atoms. The molecule has 5 nitrogen and oxygen atoms in total. The van der Waals surface area contributed by atoms with Gasteiger partial charge in [0.25, 0.3) is 6.43 Å². The predicted octanol–water partition coefficient (Wildman–Crippen LogP) is 1.59. The lowest BCUT2D eigenvalue weighted by Crippen LogP contribution is -2.54. The van der Waals surface area contributed by atoms with Gasteiger partial charge in [-0.05, 0) is 6.07 Å². The highest BCUT2D eigenvalue weighted by molar-refractivity contribution is 5.81. The van der Waals surface area contributed by atoms with Gasteiger partial charge in [-0.3, -0.25) is 4.79 Å². The van der Waals surface area contributed by atoms with E-state index in [2.05, 4.69) is 15.3 Å². The average Bonchev–Trinajstić information content (AvgIpc) is 2.34. The van der Waals surface area contributed by atoms with Crippen molar-refractivity contribution in [3.8, 4) is 0 Å². The van der Waals surface area contributed by atoms with Crippen molar-refractivity contribution in [1.29, 1.82) is 0 Å². The number of halogens is 2. The van der Waals surface area contributed by atoms with Gasteiger partial charge in [-0.15, -0.1) is 0 Å². The Labute approximate surface area is 122 Å². The first kappa shape index (κ1) is 15.6. The molecule has 2 heterocycles. The van der Waals surface area contributed by atoms with Gasteiger partial charge in [0.05, 0.1) is 12.5 Å². The molecule has 1 aliphatic heterocycles. The van der Waals surface area contributed by atoms with Crippen LogP contribution in [-0.2, 0) is 10.2 Å². The standard InChI is InChI=1S/C14H20F2N4O/c1-14(2,3)13-17-5-4-11(19-13)20-7-9(8-20)12(21)18-6-10(15)16/h4-5,9-10H,6-8H2,1-3H3,(H,18,21). The third kappa shape index (κ3) is 3.86.